The molecule has 6 heteroatoms. The van der Waals surface area contributed by atoms with Gasteiger partial charge in [-0.3, -0.25) is 4.79 Å². The lowest BCUT2D eigenvalue weighted by molar-refractivity contribution is -0.115. The van der Waals surface area contributed by atoms with Gasteiger partial charge in [0, 0.05) is 48.7 Å². The van der Waals surface area contributed by atoms with Gasteiger partial charge in [0.05, 0.1) is 12.5 Å². The van der Waals surface area contributed by atoms with Crippen molar-refractivity contribution in [3.05, 3.63) is 59.1 Å². The van der Waals surface area contributed by atoms with Crippen molar-refractivity contribution in [1.82, 2.24) is 4.90 Å². The molecule has 2 aliphatic heterocycles. The van der Waals surface area contributed by atoms with Gasteiger partial charge < -0.3 is 19.9 Å². The molecular weight excluding hydrogens is 434 g/mol. The molecule has 0 spiro atoms. The molecule has 4 rings (SSSR count). The molecule has 0 aromatic heterocycles. The molecule has 1 amide bonds. The number of amides is 1. The zero-order valence-corrected chi connectivity index (χ0v) is 20.4. The molecular formula is C27H36ClN3O2. The molecule has 0 radical (unpaired) electrons. The number of hydrogen-bond donors (Lipinski definition) is 1. The zero-order valence-electron chi connectivity index (χ0n) is 19.6. The van der Waals surface area contributed by atoms with Crippen LogP contribution in [0.15, 0.2) is 48.5 Å². The summed E-state index contributed by atoms with van der Waals surface area (Å²) in [6.45, 7) is 4.20. The molecule has 1 atom stereocenters. The van der Waals surface area contributed by atoms with E-state index in [-0.39, 0.29) is 5.91 Å². The fourth-order valence-corrected chi connectivity index (χ4v) is 5.14. The minimum Gasteiger partial charge on any atom is -0.378 e. The van der Waals surface area contributed by atoms with Gasteiger partial charge in [0.15, 0.2) is 0 Å². The highest BCUT2D eigenvalue weighted by Gasteiger charge is 2.23. The summed E-state index contributed by atoms with van der Waals surface area (Å²) in [6.07, 6.45) is 8.06. The number of benzene rings is 2. The van der Waals surface area contributed by atoms with Crippen LogP contribution >= 0.6 is 11.6 Å². The minimum absolute atomic E-state index is 0.0347. The highest BCUT2D eigenvalue weighted by atomic mass is 35.5. The lowest BCUT2D eigenvalue weighted by atomic mass is 10.0. The second-order valence-corrected chi connectivity index (χ2v) is 9.81. The van der Waals surface area contributed by atoms with E-state index in [2.05, 4.69) is 34.3 Å². The van der Waals surface area contributed by atoms with Crippen molar-refractivity contribution in [2.75, 3.05) is 43.5 Å². The van der Waals surface area contributed by atoms with E-state index in [9.17, 15) is 4.79 Å². The van der Waals surface area contributed by atoms with Crippen molar-refractivity contribution in [3.63, 3.8) is 0 Å². The number of piperidine rings is 1. The Morgan fingerprint density at radius 2 is 1.91 bits per heavy atom. The molecule has 2 saturated heterocycles. The van der Waals surface area contributed by atoms with Gasteiger partial charge in [-0.1, -0.05) is 23.7 Å². The van der Waals surface area contributed by atoms with E-state index >= 15 is 0 Å². The van der Waals surface area contributed by atoms with Crippen LogP contribution in [0.4, 0.5) is 11.4 Å². The van der Waals surface area contributed by atoms with E-state index in [0.717, 1.165) is 43.9 Å². The molecule has 0 saturated carbocycles. The number of carbonyl (C=O) groups excluding carboxylic acids is 1. The van der Waals surface area contributed by atoms with Crippen LogP contribution in [0, 0.1) is 0 Å². The van der Waals surface area contributed by atoms with Gasteiger partial charge in [0.1, 0.15) is 0 Å². The maximum atomic E-state index is 12.4. The van der Waals surface area contributed by atoms with Gasteiger partial charge in [-0.2, -0.15) is 0 Å². The molecule has 178 valence electrons. The molecule has 0 aliphatic carbocycles. The lowest BCUT2D eigenvalue weighted by Gasteiger charge is -2.38. The Labute approximate surface area is 203 Å². The van der Waals surface area contributed by atoms with Gasteiger partial charge in [0.2, 0.25) is 5.91 Å². The first-order valence-corrected chi connectivity index (χ1v) is 12.7. The molecule has 0 bridgehead atoms. The van der Waals surface area contributed by atoms with Crippen molar-refractivity contribution < 1.29 is 9.53 Å². The highest BCUT2D eigenvalue weighted by Crippen LogP contribution is 2.25. The zero-order chi connectivity index (χ0) is 23.0. The van der Waals surface area contributed by atoms with Gasteiger partial charge in [-0.15, -0.1) is 0 Å². The fourth-order valence-electron chi connectivity index (χ4n) is 4.92. The largest absolute Gasteiger partial charge is 0.378 e. The second kappa shape index (κ2) is 11.9. The number of hydrogen-bond acceptors (Lipinski definition) is 4. The summed E-state index contributed by atoms with van der Waals surface area (Å²) in [4.78, 5) is 17.3. The number of nitrogens with one attached hydrogen (secondary N) is 1. The SMILES string of the molecule is CN(CCC1CCCCO1)C1CCN(c2ccc(NC(=O)Cc3cccc(Cl)c3)cc2)CC1. The van der Waals surface area contributed by atoms with E-state index in [1.165, 1.54) is 37.8 Å². The molecule has 2 aromatic carbocycles. The number of anilines is 2. The van der Waals surface area contributed by atoms with Crippen molar-refractivity contribution >= 4 is 28.9 Å². The summed E-state index contributed by atoms with van der Waals surface area (Å²) in [7, 11) is 2.27. The Morgan fingerprint density at radius 3 is 2.61 bits per heavy atom. The van der Waals surface area contributed by atoms with Crippen LogP contribution in [0.5, 0.6) is 0 Å². The van der Waals surface area contributed by atoms with E-state index in [1.54, 1.807) is 0 Å². The van der Waals surface area contributed by atoms with E-state index in [1.807, 2.05) is 36.4 Å². The summed E-state index contributed by atoms with van der Waals surface area (Å²) in [5.74, 6) is -0.0347. The van der Waals surface area contributed by atoms with Crippen LogP contribution in [-0.2, 0) is 16.0 Å². The summed E-state index contributed by atoms with van der Waals surface area (Å²) in [5, 5.41) is 3.64. The molecule has 2 aromatic rings. The van der Waals surface area contributed by atoms with Gasteiger partial charge in [-0.25, -0.2) is 0 Å². The molecule has 2 aliphatic rings. The third-order valence-corrected chi connectivity index (χ3v) is 7.17. The monoisotopic (exact) mass is 469 g/mol. The van der Waals surface area contributed by atoms with Crippen LogP contribution in [0.2, 0.25) is 5.02 Å². The Hall–Kier alpha value is -2.08. The first kappa shape index (κ1) is 24.1. The summed E-state index contributed by atoms with van der Waals surface area (Å²) < 4.78 is 5.89. The third-order valence-electron chi connectivity index (χ3n) is 6.94. The second-order valence-electron chi connectivity index (χ2n) is 9.38. The number of halogens is 1. The van der Waals surface area contributed by atoms with Crippen LogP contribution in [-0.4, -0.2) is 56.2 Å². The van der Waals surface area contributed by atoms with Crippen LogP contribution in [0.25, 0.3) is 0 Å². The minimum atomic E-state index is -0.0347. The van der Waals surface area contributed by atoms with Crippen molar-refractivity contribution in [3.8, 4) is 0 Å². The van der Waals surface area contributed by atoms with Crippen molar-refractivity contribution in [2.24, 2.45) is 0 Å². The predicted molar refractivity (Wildman–Crippen MR) is 136 cm³/mol. The van der Waals surface area contributed by atoms with Crippen LogP contribution in [0.3, 0.4) is 0 Å². The highest BCUT2D eigenvalue weighted by molar-refractivity contribution is 6.30. The van der Waals surface area contributed by atoms with Crippen molar-refractivity contribution in [2.45, 2.75) is 57.1 Å². The summed E-state index contributed by atoms with van der Waals surface area (Å²) in [6, 6.07) is 16.3. The average Bonchev–Trinajstić information content (AvgIpc) is 2.84. The average molecular weight is 470 g/mol. The molecule has 2 heterocycles. The fraction of sp³-hybridized carbons (Fsp3) is 0.519. The predicted octanol–water partition coefficient (Wildman–Crippen LogP) is 5.38. The van der Waals surface area contributed by atoms with Crippen LogP contribution in [0.1, 0.15) is 44.1 Å². The molecule has 5 nitrogen and oxygen atoms in total. The first-order chi connectivity index (χ1) is 16.1. The number of carbonyl (C=O) groups is 1. The normalized spacial score (nSPS) is 19.6. The van der Waals surface area contributed by atoms with E-state index in [4.69, 9.17) is 16.3 Å². The van der Waals surface area contributed by atoms with Crippen molar-refractivity contribution in [1.29, 1.82) is 0 Å². The Balaban J connectivity index is 1.20. The summed E-state index contributed by atoms with van der Waals surface area (Å²) in [5.41, 5.74) is 2.96. The maximum Gasteiger partial charge on any atom is 0.228 e. The number of rotatable bonds is 8. The molecule has 1 unspecified atom stereocenters. The maximum absolute atomic E-state index is 12.4. The number of ether oxygens (including phenoxy) is 1. The lowest BCUT2D eigenvalue weighted by Crippen LogP contribution is -2.44. The molecule has 1 N–H and O–H groups in total. The van der Waals surface area contributed by atoms with Gasteiger partial charge in [0.25, 0.3) is 0 Å². The van der Waals surface area contributed by atoms with Gasteiger partial charge >= 0.3 is 0 Å². The topological polar surface area (TPSA) is 44.8 Å². The van der Waals surface area contributed by atoms with Crippen LogP contribution < -0.4 is 10.2 Å². The Morgan fingerprint density at radius 1 is 1.12 bits per heavy atom. The van der Waals surface area contributed by atoms with Gasteiger partial charge in [-0.05, 0) is 87.5 Å². The quantitative estimate of drug-likeness (QED) is 0.563. The standard InChI is InChI=1S/C27H36ClN3O2/c1-30(15-14-26-7-2-3-18-33-26)24-12-16-31(17-13-24)25-10-8-23(9-11-25)29-27(32)20-21-5-4-6-22(28)19-21/h4-6,8-11,19,24,26H,2-3,7,12-18,20H2,1H3,(H,29,32). The molecule has 33 heavy (non-hydrogen) atoms. The van der Waals surface area contributed by atoms with E-state index < -0.39 is 0 Å². The third kappa shape index (κ3) is 7.20. The first-order valence-electron chi connectivity index (χ1n) is 12.3. The summed E-state index contributed by atoms with van der Waals surface area (Å²) >= 11 is 6.01. The molecule has 2 fully saturated rings. The smallest absolute Gasteiger partial charge is 0.228 e. The Bertz CT molecular complexity index is 890. The van der Waals surface area contributed by atoms with E-state index in [0.29, 0.717) is 23.6 Å². The Kier molecular flexibility index (Phi) is 8.65. The number of nitrogens with zero attached hydrogens (tertiary/aromatic N) is 2.